The number of hydrogen-bond acceptors (Lipinski definition) is 1. The number of para-hydroxylation sites is 2. The summed E-state index contributed by atoms with van der Waals surface area (Å²) in [6.45, 7) is 4.76. The molecule has 7 rings (SSSR count). The van der Waals surface area contributed by atoms with E-state index in [0.29, 0.717) is 0 Å². The molecule has 0 radical (unpaired) electrons. The Kier molecular flexibility index (Phi) is 5.19. The van der Waals surface area contributed by atoms with Crippen LogP contribution in [-0.4, -0.2) is 0 Å². The minimum absolute atomic E-state index is 0.130. The van der Waals surface area contributed by atoms with Crippen molar-refractivity contribution < 1.29 is 0 Å². The van der Waals surface area contributed by atoms with Crippen molar-refractivity contribution in [2.24, 2.45) is 0 Å². The van der Waals surface area contributed by atoms with Gasteiger partial charge in [-0.25, -0.2) is 0 Å². The molecule has 1 aliphatic carbocycles. The van der Waals surface area contributed by atoms with E-state index in [-0.39, 0.29) is 5.41 Å². The van der Waals surface area contributed by atoms with Gasteiger partial charge in [-0.2, -0.15) is 0 Å². The van der Waals surface area contributed by atoms with Gasteiger partial charge in [0.25, 0.3) is 0 Å². The Hall–Kier alpha value is -4.62. The highest BCUT2D eigenvalue weighted by Gasteiger charge is 2.41. The highest BCUT2D eigenvalue weighted by molar-refractivity contribution is 6.15. The molecule has 0 spiro atoms. The maximum Gasteiger partial charge on any atom is 0.0628 e. The SMILES string of the molecule is CC1(C)c2ccccc2-c2c(N(c3ccccc3)c3ccccc3)c(-c3ccccc3)c3ccccc3c21. The first-order valence-corrected chi connectivity index (χ1v) is 13.3. The molecule has 0 bridgehead atoms. The molecule has 1 nitrogen and oxygen atoms in total. The maximum absolute atomic E-state index is 2.46. The van der Waals surface area contributed by atoms with Crippen molar-refractivity contribution >= 4 is 27.8 Å². The number of fused-ring (bicyclic) bond motifs is 5. The van der Waals surface area contributed by atoms with Gasteiger partial charge in [-0.15, -0.1) is 0 Å². The molecule has 6 aromatic carbocycles. The van der Waals surface area contributed by atoms with Crippen molar-refractivity contribution in [1.29, 1.82) is 0 Å². The zero-order valence-electron chi connectivity index (χ0n) is 21.7. The summed E-state index contributed by atoms with van der Waals surface area (Å²) in [4.78, 5) is 2.46. The quantitative estimate of drug-likeness (QED) is 0.239. The molecule has 0 N–H and O–H groups in total. The predicted octanol–water partition coefficient (Wildman–Crippen LogP) is 10.3. The summed E-state index contributed by atoms with van der Waals surface area (Å²) in [5.41, 5.74) is 11.3. The first-order valence-electron chi connectivity index (χ1n) is 13.3. The fourth-order valence-electron chi connectivity index (χ4n) is 6.40. The van der Waals surface area contributed by atoms with E-state index in [1.807, 2.05) is 0 Å². The van der Waals surface area contributed by atoms with Crippen LogP contribution in [0.3, 0.4) is 0 Å². The molecule has 0 saturated carbocycles. The minimum Gasteiger partial charge on any atom is -0.309 e. The van der Waals surface area contributed by atoms with Crippen LogP contribution >= 0.6 is 0 Å². The molecule has 0 saturated heterocycles. The van der Waals surface area contributed by atoms with Crippen LogP contribution in [0.5, 0.6) is 0 Å². The fourth-order valence-corrected chi connectivity index (χ4v) is 6.40. The molecular formula is C37H29N. The number of benzene rings is 6. The Labute approximate surface area is 224 Å². The number of anilines is 3. The standard InChI is InChI=1S/C37H29N/c1-37(2)32-25-15-14-24-31(32)34-35(37)30-23-13-12-22-29(30)33(26-16-6-3-7-17-26)36(34)38(27-18-8-4-9-19-27)28-20-10-5-11-21-28/h3-25H,1-2H3. The number of nitrogens with zero attached hydrogens (tertiary/aromatic N) is 1. The zero-order valence-corrected chi connectivity index (χ0v) is 21.7. The lowest BCUT2D eigenvalue weighted by molar-refractivity contribution is 0.666. The van der Waals surface area contributed by atoms with Gasteiger partial charge < -0.3 is 4.90 Å². The van der Waals surface area contributed by atoms with E-state index in [9.17, 15) is 0 Å². The van der Waals surface area contributed by atoms with Crippen LogP contribution in [-0.2, 0) is 5.41 Å². The average molecular weight is 488 g/mol. The third-order valence-corrected chi connectivity index (χ3v) is 8.00. The lowest BCUT2D eigenvalue weighted by atomic mass is 9.78. The molecule has 0 unspecified atom stereocenters. The summed E-state index contributed by atoms with van der Waals surface area (Å²) in [5.74, 6) is 0. The van der Waals surface area contributed by atoms with E-state index in [0.717, 1.165) is 11.4 Å². The highest BCUT2D eigenvalue weighted by atomic mass is 15.1. The maximum atomic E-state index is 2.46. The molecular weight excluding hydrogens is 458 g/mol. The summed E-state index contributed by atoms with van der Waals surface area (Å²) in [6, 6.07) is 50.4. The molecule has 0 atom stereocenters. The van der Waals surface area contributed by atoms with E-state index in [4.69, 9.17) is 0 Å². The van der Waals surface area contributed by atoms with Gasteiger partial charge in [0.15, 0.2) is 0 Å². The van der Waals surface area contributed by atoms with Crippen LogP contribution < -0.4 is 4.90 Å². The number of hydrogen-bond donors (Lipinski definition) is 0. The van der Waals surface area contributed by atoms with Gasteiger partial charge in [0, 0.05) is 27.9 Å². The van der Waals surface area contributed by atoms with Crippen molar-refractivity contribution in [2.75, 3.05) is 4.90 Å². The Morgan fingerprint density at radius 3 is 1.61 bits per heavy atom. The average Bonchev–Trinajstić information content (AvgIpc) is 3.22. The Morgan fingerprint density at radius 2 is 0.974 bits per heavy atom. The summed E-state index contributed by atoms with van der Waals surface area (Å²) in [7, 11) is 0. The predicted molar refractivity (Wildman–Crippen MR) is 162 cm³/mol. The van der Waals surface area contributed by atoms with Crippen molar-refractivity contribution in [3.8, 4) is 22.3 Å². The van der Waals surface area contributed by atoms with Crippen molar-refractivity contribution in [1.82, 2.24) is 0 Å². The minimum atomic E-state index is -0.130. The van der Waals surface area contributed by atoms with Crippen LogP contribution in [0.1, 0.15) is 25.0 Å². The molecule has 1 aliphatic rings. The molecule has 0 aromatic heterocycles. The van der Waals surface area contributed by atoms with Crippen LogP contribution in [0.4, 0.5) is 17.1 Å². The van der Waals surface area contributed by atoms with Crippen LogP contribution in [0.2, 0.25) is 0 Å². The van der Waals surface area contributed by atoms with E-state index in [2.05, 4.69) is 158 Å². The topological polar surface area (TPSA) is 3.24 Å². The summed E-state index contributed by atoms with van der Waals surface area (Å²) >= 11 is 0. The van der Waals surface area contributed by atoms with Gasteiger partial charge in [0.1, 0.15) is 0 Å². The van der Waals surface area contributed by atoms with Crippen LogP contribution in [0.25, 0.3) is 33.0 Å². The Balaban J connectivity index is 1.74. The fraction of sp³-hybridized carbons (Fsp3) is 0.0811. The van der Waals surface area contributed by atoms with Gasteiger partial charge in [0.2, 0.25) is 0 Å². The molecule has 6 aromatic rings. The third kappa shape index (κ3) is 3.32. The van der Waals surface area contributed by atoms with E-state index < -0.39 is 0 Å². The van der Waals surface area contributed by atoms with Crippen LogP contribution in [0, 0.1) is 0 Å². The molecule has 0 amide bonds. The smallest absolute Gasteiger partial charge is 0.0628 e. The van der Waals surface area contributed by atoms with Gasteiger partial charge in [-0.3, -0.25) is 0 Å². The summed E-state index contributed by atoms with van der Waals surface area (Å²) < 4.78 is 0. The first-order chi connectivity index (χ1) is 18.7. The lowest BCUT2D eigenvalue weighted by Crippen LogP contribution is -2.17. The van der Waals surface area contributed by atoms with Gasteiger partial charge in [0.05, 0.1) is 5.69 Å². The largest absolute Gasteiger partial charge is 0.309 e. The van der Waals surface area contributed by atoms with Gasteiger partial charge in [-0.05, 0) is 57.3 Å². The highest BCUT2D eigenvalue weighted by Crippen LogP contribution is 2.59. The normalized spacial score (nSPS) is 13.2. The monoisotopic (exact) mass is 487 g/mol. The van der Waals surface area contributed by atoms with E-state index in [1.165, 1.54) is 49.8 Å². The third-order valence-electron chi connectivity index (χ3n) is 8.00. The first kappa shape index (κ1) is 22.6. The van der Waals surface area contributed by atoms with Crippen molar-refractivity contribution in [3.63, 3.8) is 0 Å². The lowest BCUT2D eigenvalue weighted by Gasteiger charge is -2.33. The Morgan fingerprint density at radius 1 is 0.474 bits per heavy atom. The van der Waals surface area contributed by atoms with Crippen LogP contribution in [0.15, 0.2) is 140 Å². The summed E-state index contributed by atoms with van der Waals surface area (Å²) in [5, 5.41) is 2.61. The second-order valence-corrected chi connectivity index (χ2v) is 10.6. The number of rotatable bonds is 4. The van der Waals surface area contributed by atoms with Crippen molar-refractivity contribution in [2.45, 2.75) is 19.3 Å². The molecule has 0 aliphatic heterocycles. The zero-order chi connectivity index (χ0) is 25.7. The molecule has 0 heterocycles. The van der Waals surface area contributed by atoms with E-state index >= 15 is 0 Å². The summed E-state index contributed by atoms with van der Waals surface area (Å²) in [6.07, 6.45) is 0. The molecule has 1 heteroatoms. The second-order valence-electron chi connectivity index (χ2n) is 10.6. The molecule has 0 fully saturated rings. The Bertz CT molecular complexity index is 1730. The van der Waals surface area contributed by atoms with Crippen molar-refractivity contribution in [3.05, 3.63) is 151 Å². The molecule has 182 valence electrons. The molecule has 38 heavy (non-hydrogen) atoms. The second kappa shape index (κ2) is 8.75. The van der Waals surface area contributed by atoms with E-state index in [1.54, 1.807) is 0 Å². The van der Waals surface area contributed by atoms with Gasteiger partial charge in [-0.1, -0.05) is 129 Å². The van der Waals surface area contributed by atoms with Gasteiger partial charge >= 0.3 is 0 Å².